The summed E-state index contributed by atoms with van der Waals surface area (Å²) in [7, 11) is 2.07. The number of pyridine rings is 1. The maximum atomic E-state index is 13.3. The Labute approximate surface area is 165 Å². The Balaban J connectivity index is 1.72. The van der Waals surface area contributed by atoms with Gasteiger partial charge in [-0.25, -0.2) is 0 Å². The lowest BCUT2D eigenvalue weighted by Crippen LogP contribution is -2.46. The molecule has 6 nitrogen and oxygen atoms in total. The topological polar surface area (TPSA) is 56.8 Å². The first-order valence-corrected chi connectivity index (χ1v) is 9.54. The number of piperazine rings is 1. The molecule has 3 heterocycles. The van der Waals surface area contributed by atoms with Gasteiger partial charge in [-0.05, 0) is 37.2 Å². The van der Waals surface area contributed by atoms with E-state index in [2.05, 4.69) is 21.8 Å². The summed E-state index contributed by atoms with van der Waals surface area (Å²) < 4.78 is 0. The second-order valence-corrected chi connectivity index (χ2v) is 7.43. The number of hydrogen-bond acceptors (Lipinski definition) is 5. The van der Waals surface area contributed by atoms with Crippen LogP contribution in [0, 0.1) is 6.92 Å². The van der Waals surface area contributed by atoms with Crippen molar-refractivity contribution in [3.63, 3.8) is 0 Å². The lowest BCUT2D eigenvalue weighted by Gasteiger charge is -2.34. The van der Waals surface area contributed by atoms with Crippen LogP contribution >= 0.6 is 0 Å². The molecule has 0 radical (unpaired) electrons. The predicted molar refractivity (Wildman–Crippen MR) is 107 cm³/mol. The van der Waals surface area contributed by atoms with Gasteiger partial charge in [0.05, 0.1) is 12.1 Å². The van der Waals surface area contributed by atoms with Crippen molar-refractivity contribution >= 4 is 17.4 Å². The molecule has 1 aromatic heterocycles. The lowest BCUT2D eigenvalue weighted by atomic mass is 10.0. The Bertz CT molecular complexity index is 913. The van der Waals surface area contributed by atoms with E-state index >= 15 is 0 Å². The minimum absolute atomic E-state index is 0.207. The molecule has 0 saturated carbocycles. The number of benzene rings is 1. The molecule has 0 atom stereocenters. The number of aromatic nitrogens is 1. The van der Waals surface area contributed by atoms with E-state index in [1.807, 2.05) is 43.3 Å². The van der Waals surface area contributed by atoms with Crippen molar-refractivity contribution in [2.45, 2.75) is 13.5 Å². The van der Waals surface area contributed by atoms with Gasteiger partial charge in [-0.1, -0.05) is 29.8 Å². The molecular formula is C22H24N4O2. The molecule has 28 heavy (non-hydrogen) atoms. The first-order chi connectivity index (χ1) is 13.5. The summed E-state index contributed by atoms with van der Waals surface area (Å²) >= 11 is 0. The normalized spacial score (nSPS) is 18.4. The maximum Gasteiger partial charge on any atom is 0.278 e. The molecule has 0 spiro atoms. The number of nitrogens with zero attached hydrogens (tertiary/aromatic N) is 4. The van der Waals surface area contributed by atoms with Crippen LogP contribution in [0.15, 0.2) is 54.5 Å². The largest absolute Gasteiger partial charge is 0.364 e. The van der Waals surface area contributed by atoms with Crippen LogP contribution in [0.1, 0.15) is 16.7 Å². The Morgan fingerprint density at radius 2 is 1.54 bits per heavy atom. The number of hydrogen-bond donors (Lipinski definition) is 0. The fraction of sp³-hybridized carbons (Fsp3) is 0.318. The smallest absolute Gasteiger partial charge is 0.278 e. The SMILES string of the molecule is Cc1ccc(C2=C(N3CCN(C)CC3)C(=O)N(Cc3ccncc3)C2=O)cc1. The zero-order chi connectivity index (χ0) is 19.7. The van der Waals surface area contributed by atoms with Crippen molar-refractivity contribution < 1.29 is 9.59 Å². The van der Waals surface area contributed by atoms with Gasteiger partial charge in [0.2, 0.25) is 0 Å². The molecule has 0 aliphatic carbocycles. The highest BCUT2D eigenvalue weighted by molar-refractivity contribution is 6.35. The molecule has 0 N–H and O–H groups in total. The molecule has 2 aliphatic heterocycles. The highest BCUT2D eigenvalue weighted by Gasteiger charge is 2.41. The van der Waals surface area contributed by atoms with E-state index in [0.29, 0.717) is 11.3 Å². The van der Waals surface area contributed by atoms with Gasteiger partial charge in [-0.15, -0.1) is 0 Å². The van der Waals surface area contributed by atoms with Crippen LogP contribution in [0.4, 0.5) is 0 Å². The first kappa shape index (κ1) is 18.4. The van der Waals surface area contributed by atoms with Crippen molar-refractivity contribution in [1.82, 2.24) is 19.7 Å². The van der Waals surface area contributed by atoms with E-state index in [1.165, 1.54) is 4.90 Å². The van der Waals surface area contributed by atoms with Gasteiger partial charge in [-0.2, -0.15) is 0 Å². The van der Waals surface area contributed by atoms with Crippen molar-refractivity contribution in [2.24, 2.45) is 0 Å². The minimum Gasteiger partial charge on any atom is -0.364 e. The number of amides is 2. The van der Waals surface area contributed by atoms with Crippen LogP contribution in [0.5, 0.6) is 0 Å². The molecule has 2 amide bonds. The number of carbonyl (C=O) groups excluding carboxylic acids is 2. The number of rotatable bonds is 4. The van der Waals surface area contributed by atoms with E-state index in [-0.39, 0.29) is 18.4 Å². The predicted octanol–water partition coefficient (Wildman–Crippen LogP) is 1.92. The van der Waals surface area contributed by atoms with Gasteiger partial charge in [0.1, 0.15) is 5.70 Å². The standard InChI is InChI=1S/C22H24N4O2/c1-16-3-5-18(6-4-16)19-20(25-13-11-24(2)12-14-25)22(28)26(21(19)27)15-17-7-9-23-10-8-17/h3-10H,11-15H2,1-2H3. The first-order valence-electron chi connectivity index (χ1n) is 9.54. The Kier molecular flexibility index (Phi) is 4.96. The molecule has 1 fully saturated rings. The van der Waals surface area contributed by atoms with Gasteiger partial charge < -0.3 is 9.80 Å². The number of imide groups is 1. The Morgan fingerprint density at radius 3 is 2.18 bits per heavy atom. The monoisotopic (exact) mass is 376 g/mol. The fourth-order valence-electron chi connectivity index (χ4n) is 3.68. The van der Waals surface area contributed by atoms with Gasteiger partial charge in [0, 0.05) is 38.6 Å². The quantitative estimate of drug-likeness (QED) is 0.763. The van der Waals surface area contributed by atoms with E-state index in [4.69, 9.17) is 0 Å². The summed E-state index contributed by atoms with van der Waals surface area (Å²) in [4.78, 5) is 36.3. The molecule has 144 valence electrons. The van der Waals surface area contributed by atoms with Crippen LogP contribution in [0.2, 0.25) is 0 Å². The molecule has 2 aromatic rings. The van der Waals surface area contributed by atoms with Crippen molar-refractivity contribution in [3.8, 4) is 0 Å². The molecule has 1 aromatic carbocycles. The molecule has 4 rings (SSSR count). The van der Waals surface area contributed by atoms with Gasteiger partial charge in [0.15, 0.2) is 0 Å². The van der Waals surface area contributed by atoms with Crippen LogP contribution in [0.3, 0.4) is 0 Å². The number of likely N-dealkylation sites (N-methyl/N-ethyl adjacent to an activating group) is 1. The van der Waals surface area contributed by atoms with Gasteiger partial charge >= 0.3 is 0 Å². The molecule has 2 aliphatic rings. The van der Waals surface area contributed by atoms with Gasteiger partial charge in [0.25, 0.3) is 11.8 Å². The minimum atomic E-state index is -0.223. The zero-order valence-corrected chi connectivity index (χ0v) is 16.3. The van der Waals surface area contributed by atoms with Crippen LogP contribution < -0.4 is 0 Å². The molecular weight excluding hydrogens is 352 g/mol. The van der Waals surface area contributed by atoms with Crippen LogP contribution in [-0.2, 0) is 16.1 Å². The van der Waals surface area contributed by atoms with Crippen molar-refractivity contribution in [1.29, 1.82) is 0 Å². The lowest BCUT2D eigenvalue weighted by molar-refractivity contribution is -0.138. The molecule has 6 heteroatoms. The van der Waals surface area contributed by atoms with Crippen LogP contribution in [0.25, 0.3) is 5.57 Å². The molecule has 1 saturated heterocycles. The van der Waals surface area contributed by atoms with Crippen LogP contribution in [-0.4, -0.2) is 64.7 Å². The third kappa shape index (κ3) is 3.43. The number of carbonyl (C=O) groups is 2. The zero-order valence-electron chi connectivity index (χ0n) is 16.3. The third-order valence-corrected chi connectivity index (χ3v) is 5.39. The summed E-state index contributed by atoms with van der Waals surface area (Å²) in [5.74, 6) is -0.429. The summed E-state index contributed by atoms with van der Waals surface area (Å²) in [6.45, 7) is 5.49. The summed E-state index contributed by atoms with van der Waals surface area (Å²) in [6.07, 6.45) is 3.35. The highest BCUT2D eigenvalue weighted by Crippen LogP contribution is 2.33. The Morgan fingerprint density at radius 1 is 0.893 bits per heavy atom. The highest BCUT2D eigenvalue weighted by atomic mass is 16.2. The third-order valence-electron chi connectivity index (χ3n) is 5.39. The molecule has 0 unspecified atom stereocenters. The summed E-state index contributed by atoms with van der Waals surface area (Å²) in [5, 5.41) is 0. The van der Waals surface area contributed by atoms with E-state index in [9.17, 15) is 9.59 Å². The van der Waals surface area contributed by atoms with Crippen molar-refractivity contribution in [3.05, 3.63) is 71.2 Å². The average molecular weight is 376 g/mol. The fourth-order valence-corrected chi connectivity index (χ4v) is 3.68. The van der Waals surface area contributed by atoms with Gasteiger partial charge in [-0.3, -0.25) is 19.5 Å². The van der Waals surface area contributed by atoms with E-state index < -0.39 is 0 Å². The number of aryl methyl sites for hydroxylation is 1. The summed E-state index contributed by atoms with van der Waals surface area (Å²) in [6, 6.07) is 11.5. The molecule has 0 bridgehead atoms. The Hall–Kier alpha value is -2.99. The maximum absolute atomic E-state index is 13.3. The van der Waals surface area contributed by atoms with E-state index in [1.54, 1.807) is 12.4 Å². The average Bonchev–Trinajstić information content (AvgIpc) is 2.95. The summed E-state index contributed by atoms with van der Waals surface area (Å²) in [5.41, 5.74) is 3.87. The van der Waals surface area contributed by atoms with E-state index in [0.717, 1.165) is 42.9 Å². The second-order valence-electron chi connectivity index (χ2n) is 7.43. The van der Waals surface area contributed by atoms with Crippen molar-refractivity contribution in [2.75, 3.05) is 33.2 Å². The second kappa shape index (κ2) is 7.56.